The second kappa shape index (κ2) is 8.60. The van der Waals surface area contributed by atoms with Gasteiger partial charge in [-0.1, -0.05) is 22.9 Å². The highest BCUT2D eigenvalue weighted by Crippen LogP contribution is 2.35. The van der Waals surface area contributed by atoms with Gasteiger partial charge in [-0.15, -0.1) is 0 Å². The average molecular weight is 474 g/mol. The summed E-state index contributed by atoms with van der Waals surface area (Å²) in [4.78, 5) is 11.7. The van der Waals surface area contributed by atoms with Crippen LogP contribution in [-0.4, -0.2) is 33.0 Å². The molecule has 1 atom stereocenters. The summed E-state index contributed by atoms with van der Waals surface area (Å²) in [6, 6.07) is 6.48. The van der Waals surface area contributed by atoms with Crippen LogP contribution in [-0.2, 0) is 6.18 Å². The molecule has 1 unspecified atom stereocenters. The third kappa shape index (κ3) is 5.50. The van der Waals surface area contributed by atoms with Crippen molar-refractivity contribution in [2.24, 2.45) is 4.99 Å². The first-order chi connectivity index (χ1) is 15.1. The van der Waals surface area contributed by atoms with Crippen LogP contribution in [0.2, 0.25) is 5.15 Å². The van der Waals surface area contributed by atoms with Crippen molar-refractivity contribution in [1.82, 2.24) is 31.5 Å². The van der Waals surface area contributed by atoms with E-state index < -0.39 is 23.8 Å². The normalized spacial score (nSPS) is 22.4. The molecule has 3 heterocycles. The predicted octanol–water partition coefficient (Wildman–Crippen LogP) is 4.24. The van der Waals surface area contributed by atoms with Crippen molar-refractivity contribution in [2.75, 3.05) is 0 Å². The number of nitrogens with zero attached hydrogens (tertiary/aromatic N) is 4. The molecule has 32 heavy (non-hydrogen) atoms. The number of hydrazine groups is 3. The molecule has 13 heteroatoms. The van der Waals surface area contributed by atoms with E-state index in [-0.39, 0.29) is 35.9 Å². The molecule has 0 aromatic carbocycles. The number of halogens is 6. The van der Waals surface area contributed by atoms with E-state index in [0.29, 0.717) is 11.4 Å². The fraction of sp³-hybridized carbons (Fsp3) is 0.316. The van der Waals surface area contributed by atoms with Crippen LogP contribution in [0.25, 0.3) is 5.70 Å². The number of rotatable bonds is 4. The Bertz CT molecular complexity index is 1060. The zero-order chi connectivity index (χ0) is 22.9. The third-order valence-electron chi connectivity index (χ3n) is 4.73. The molecule has 0 amide bonds. The molecular weight excluding hydrogens is 457 g/mol. The molecule has 1 fully saturated rings. The molecule has 1 aliphatic heterocycles. The summed E-state index contributed by atoms with van der Waals surface area (Å²) in [5, 5.41) is 1.45. The Hall–Kier alpha value is -2.83. The topological polar surface area (TPSA) is 77.5 Å². The van der Waals surface area contributed by atoms with Crippen LogP contribution >= 0.6 is 11.6 Å². The monoisotopic (exact) mass is 473 g/mol. The van der Waals surface area contributed by atoms with Crippen molar-refractivity contribution in [1.29, 1.82) is 0 Å². The van der Waals surface area contributed by atoms with Gasteiger partial charge in [-0.25, -0.2) is 24.2 Å². The standard InChI is InChI=1S/C19H17ClF5N7/c20-16-3-1-2-13(28-16)14-9-17(27-11-5-7-26-15(8-11)19(23,24)25)31-32(30-14)29-12-4-6-18(21,22)10-12/h1-3,5,7-9,12,29-30H,4,6,10H2,(H,26,27,31). The number of nitrogens with one attached hydrogen (secondary N) is 3. The maximum atomic E-state index is 13.6. The highest BCUT2D eigenvalue weighted by molar-refractivity contribution is 6.29. The Balaban J connectivity index is 1.63. The largest absolute Gasteiger partial charge is 0.433 e. The summed E-state index contributed by atoms with van der Waals surface area (Å²) < 4.78 is 66.1. The van der Waals surface area contributed by atoms with Crippen LogP contribution < -0.4 is 16.3 Å². The van der Waals surface area contributed by atoms with E-state index >= 15 is 0 Å². The second-order valence-corrected chi connectivity index (χ2v) is 7.67. The Labute approximate surface area is 184 Å². The van der Waals surface area contributed by atoms with E-state index in [1.165, 1.54) is 17.4 Å². The first-order valence-electron chi connectivity index (χ1n) is 9.51. The maximum Gasteiger partial charge on any atom is 0.433 e. The quantitative estimate of drug-likeness (QED) is 0.455. The zero-order valence-corrected chi connectivity index (χ0v) is 17.1. The van der Waals surface area contributed by atoms with Gasteiger partial charge in [0.15, 0.2) is 0 Å². The minimum absolute atomic E-state index is 0.00118. The Morgan fingerprint density at radius 2 is 2.03 bits per heavy atom. The summed E-state index contributed by atoms with van der Waals surface area (Å²) in [7, 11) is 0. The number of hydrogen-bond acceptors (Lipinski definition) is 6. The van der Waals surface area contributed by atoms with Crippen molar-refractivity contribution in [2.45, 2.75) is 37.4 Å². The summed E-state index contributed by atoms with van der Waals surface area (Å²) in [5.41, 5.74) is 8.36. The van der Waals surface area contributed by atoms with Gasteiger partial charge in [-0.3, -0.25) is 15.8 Å². The fourth-order valence-electron chi connectivity index (χ4n) is 3.30. The van der Waals surface area contributed by atoms with Gasteiger partial charge in [0.2, 0.25) is 5.92 Å². The van der Waals surface area contributed by atoms with Crippen molar-refractivity contribution < 1.29 is 22.0 Å². The van der Waals surface area contributed by atoms with Gasteiger partial charge < -0.3 is 0 Å². The summed E-state index contributed by atoms with van der Waals surface area (Å²) in [5.74, 6) is -2.63. The van der Waals surface area contributed by atoms with E-state index in [1.54, 1.807) is 18.2 Å². The van der Waals surface area contributed by atoms with Crippen LogP contribution in [0.4, 0.5) is 27.6 Å². The molecule has 2 aromatic heterocycles. The van der Waals surface area contributed by atoms with Gasteiger partial charge in [-0.2, -0.15) is 13.2 Å². The number of aromatic nitrogens is 2. The van der Waals surface area contributed by atoms with Crippen LogP contribution in [0.1, 0.15) is 30.7 Å². The van der Waals surface area contributed by atoms with E-state index in [4.69, 9.17) is 11.6 Å². The van der Waals surface area contributed by atoms with Gasteiger partial charge in [0, 0.05) is 31.2 Å². The lowest BCUT2D eigenvalue weighted by atomic mass is 10.2. The second-order valence-electron chi connectivity index (χ2n) is 7.28. The first kappa shape index (κ1) is 22.4. The molecule has 7 nitrogen and oxygen atoms in total. The van der Waals surface area contributed by atoms with Crippen LogP contribution in [0.15, 0.2) is 47.6 Å². The van der Waals surface area contributed by atoms with Gasteiger partial charge in [-0.05, 0) is 30.7 Å². The van der Waals surface area contributed by atoms with E-state index in [0.717, 1.165) is 12.3 Å². The van der Waals surface area contributed by atoms with E-state index in [2.05, 4.69) is 31.2 Å². The molecule has 170 valence electrons. The highest BCUT2D eigenvalue weighted by Gasteiger charge is 2.40. The smallest absolute Gasteiger partial charge is 0.285 e. The zero-order valence-electron chi connectivity index (χ0n) is 16.3. The van der Waals surface area contributed by atoms with Crippen molar-refractivity contribution in [3.63, 3.8) is 0 Å². The molecule has 0 spiro atoms. The summed E-state index contributed by atoms with van der Waals surface area (Å²) in [6.07, 6.45) is -2.46. The Morgan fingerprint density at radius 3 is 2.72 bits per heavy atom. The van der Waals surface area contributed by atoms with E-state index in [9.17, 15) is 22.0 Å². The average Bonchev–Trinajstić information content (AvgIpc) is 3.05. The first-order valence-corrected chi connectivity index (χ1v) is 9.89. The molecule has 3 N–H and O–H groups in total. The van der Waals surface area contributed by atoms with E-state index in [1.807, 2.05) is 0 Å². The van der Waals surface area contributed by atoms with Gasteiger partial charge in [0.25, 0.3) is 0 Å². The summed E-state index contributed by atoms with van der Waals surface area (Å²) in [6.45, 7) is 0. The molecule has 2 aromatic rings. The van der Waals surface area contributed by atoms with Crippen LogP contribution in [0.3, 0.4) is 0 Å². The van der Waals surface area contributed by atoms with Crippen molar-refractivity contribution >= 4 is 28.8 Å². The molecule has 4 rings (SSSR count). The lowest BCUT2D eigenvalue weighted by Crippen LogP contribution is -2.61. The fourth-order valence-corrected chi connectivity index (χ4v) is 3.47. The Morgan fingerprint density at radius 1 is 1.22 bits per heavy atom. The van der Waals surface area contributed by atoms with Crippen LogP contribution in [0, 0.1) is 0 Å². The van der Waals surface area contributed by atoms with Crippen molar-refractivity contribution in [3.8, 4) is 0 Å². The molecular formula is C19H17ClF5N7. The lowest BCUT2D eigenvalue weighted by Gasteiger charge is -2.33. The molecule has 0 saturated heterocycles. The lowest BCUT2D eigenvalue weighted by molar-refractivity contribution is -0.141. The minimum Gasteiger partial charge on any atom is -0.285 e. The number of aliphatic imine (C=N–C) groups is 1. The van der Waals surface area contributed by atoms with Crippen molar-refractivity contribution in [3.05, 3.63) is 59.1 Å². The SMILES string of the molecule is FC1(F)CCC(NN2NC(c3cccc(Cl)n3)=CC(=Nc3ccnc(C(F)(F)F)c3)N2)C1. The molecule has 2 aliphatic rings. The number of amidine groups is 1. The Kier molecular flexibility index (Phi) is 6.01. The molecule has 0 bridgehead atoms. The number of hydrogen-bond donors (Lipinski definition) is 3. The molecule has 1 aliphatic carbocycles. The maximum absolute atomic E-state index is 13.6. The third-order valence-corrected chi connectivity index (χ3v) is 4.94. The van der Waals surface area contributed by atoms with Gasteiger partial charge >= 0.3 is 6.18 Å². The predicted molar refractivity (Wildman–Crippen MR) is 107 cm³/mol. The molecule has 0 radical (unpaired) electrons. The number of pyridine rings is 2. The minimum atomic E-state index is -4.62. The summed E-state index contributed by atoms with van der Waals surface area (Å²) >= 11 is 5.96. The molecule has 1 saturated carbocycles. The van der Waals surface area contributed by atoms with Crippen LogP contribution in [0.5, 0.6) is 0 Å². The highest BCUT2D eigenvalue weighted by atomic mass is 35.5. The number of alkyl halides is 5. The van der Waals surface area contributed by atoms with Gasteiger partial charge in [0.1, 0.15) is 16.7 Å². The van der Waals surface area contributed by atoms with Gasteiger partial charge in [0.05, 0.1) is 17.1 Å².